The second kappa shape index (κ2) is 6.42. The maximum Gasteiger partial charge on any atom is 0.268 e. The van der Waals surface area contributed by atoms with Gasteiger partial charge in [-0.05, 0) is 38.8 Å². The van der Waals surface area contributed by atoms with Crippen molar-refractivity contribution in [3.05, 3.63) is 24.3 Å². The maximum absolute atomic E-state index is 12.8. The summed E-state index contributed by atoms with van der Waals surface area (Å²) in [6.45, 7) is 4.00. The highest BCUT2D eigenvalue weighted by Gasteiger charge is 2.55. The second-order valence-electron chi connectivity index (χ2n) is 7.19. The summed E-state index contributed by atoms with van der Waals surface area (Å²) in [4.78, 5) is 12.8. The first kappa shape index (κ1) is 16.2. The van der Waals surface area contributed by atoms with E-state index in [4.69, 9.17) is 4.74 Å². The van der Waals surface area contributed by atoms with Crippen molar-refractivity contribution >= 4 is 11.6 Å². The van der Waals surface area contributed by atoms with Crippen LogP contribution >= 0.6 is 0 Å². The van der Waals surface area contributed by atoms with Crippen molar-refractivity contribution in [2.24, 2.45) is 0 Å². The molecule has 2 fully saturated rings. The van der Waals surface area contributed by atoms with Gasteiger partial charge in [-0.3, -0.25) is 9.80 Å². The molecule has 1 aliphatic carbocycles. The van der Waals surface area contributed by atoms with Crippen molar-refractivity contribution in [3.63, 3.8) is 0 Å². The van der Waals surface area contributed by atoms with Crippen molar-refractivity contribution in [1.82, 2.24) is 5.01 Å². The van der Waals surface area contributed by atoms with Crippen LogP contribution in [0.2, 0.25) is 0 Å². The van der Waals surface area contributed by atoms with E-state index in [9.17, 15) is 4.79 Å². The normalized spacial score (nSPS) is 22.3. The minimum Gasteiger partial charge on any atom is -0.495 e. The Morgan fingerprint density at radius 1 is 1.04 bits per heavy atom. The zero-order valence-electron chi connectivity index (χ0n) is 14.5. The molecule has 0 bridgehead atoms. The monoisotopic (exact) mass is 316 g/mol. The zero-order valence-corrected chi connectivity index (χ0v) is 14.5. The van der Waals surface area contributed by atoms with Gasteiger partial charge in [0, 0.05) is 0 Å². The predicted molar refractivity (Wildman–Crippen MR) is 92.5 cm³/mol. The molecular formula is C19H28N2O2. The smallest absolute Gasteiger partial charge is 0.268 e. The molecule has 1 saturated heterocycles. The number of nitrogens with zero attached hydrogens (tertiary/aromatic N) is 2. The molecule has 0 radical (unpaired) electrons. The average molecular weight is 316 g/mol. The number of carbonyl (C=O) groups is 1. The number of methoxy groups -OCH3 is 1. The summed E-state index contributed by atoms with van der Waals surface area (Å²) in [5, 5.41) is 4.16. The zero-order chi connectivity index (χ0) is 16.4. The number of benzene rings is 1. The highest BCUT2D eigenvalue weighted by atomic mass is 16.5. The van der Waals surface area contributed by atoms with Gasteiger partial charge in [0.1, 0.15) is 17.0 Å². The minimum absolute atomic E-state index is 0.231. The van der Waals surface area contributed by atoms with Crippen LogP contribution in [-0.4, -0.2) is 29.6 Å². The van der Waals surface area contributed by atoms with Gasteiger partial charge in [-0.25, -0.2) is 5.01 Å². The predicted octanol–water partition coefficient (Wildman–Crippen LogP) is 4.15. The molecule has 0 spiro atoms. The topological polar surface area (TPSA) is 32.8 Å². The Kier molecular flexibility index (Phi) is 4.51. The second-order valence-corrected chi connectivity index (χ2v) is 7.19. The molecule has 4 nitrogen and oxygen atoms in total. The molecule has 0 unspecified atom stereocenters. The Labute approximate surface area is 139 Å². The van der Waals surface area contributed by atoms with Crippen molar-refractivity contribution in [2.75, 3.05) is 12.1 Å². The molecule has 23 heavy (non-hydrogen) atoms. The molecule has 1 amide bonds. The lowest BCUT2D eigenvalue weighted by atomic mass is 9.90. The lowest BCUT2D eigenvalue weighted by molar-refractivity contribution is -0.156. The van der Waals surface area contributed by atoms with Crippen LogP contribution in [0.25, 0.3) is 0 Å². The molecule has 0 atom stereocenters. The van der Waals surface area contributed by atoms with Crippen molar-refractivity contribution in [1.29, 1.82) is 0 Å². The molecule has 4 heteroatoms. The van der Waals surface area contributed by atoms with Crippen LogP contribution in [0.3, 0.4) is 0 Å². The molecule has 1 aliphatic heterocycles. The first-order chi connectivity index (χ1) is 11.1. The largest absolute Gasteiger partial charge is 0.495 e. The number of amides is 1. The SMILES string of the molecule is COc1ccccc1N1N(C2CCCCCCC2)C(=O)C1(C)C. The van der Waals surface area contributed by atoms with Gasteiger partial charge in [-0.15, -0.1) is 0 Å². The Bertz CT molecular complexity index is 562. The van der Waals surface area contributed by atoms with Crippen LogP contribution in [0.1, 0.15) is 58.8 Å². The summed E-state index contributed by atoms with van der Waals surface area (Å²) in [6, 6.07) is 8.30. The molecule has 1 aromatic rings. The van der Waals surface area contributed by atoms with E-state index in [0.717, 1.165) is 24.3 Å². The molecule has 1 aromatic carbocycles. The third-order valence-electron chi connectivity index (χ3n) is 5.21. The molecule has 2 aliphatic rings. The average Bonchev–Trinajstić information content (AvgIpc) is 2.52. The summed E-state index contributed by atoms with van der Waals surface area (Å²) in [5.41, 5.74) is 0.485. The van der Waals surface area contributed by atoms with Gasteiger partial charge in [0.05, 0.1) is 13.2 Å². The third-order valence-corrected chi connectivity index (χ3v) is 5.21. The first-order valence-corrected chi connectivity index (χ1v) is 8.84. The fourth-order valence-electron chi connectivity index (χ4n) is 3.92. The summed E-state index contributed by atoms with van der Waals surface area (Å²) < 4.78 is 5.53. The first-order valence-electron chi connectivity index (χ1n) is 8.84. The fraction of sp³-hybridized carbons (Fsp3) is 0.632. The molecule has 3 rings (SSSR count). The van der Waals surface area contributed by atoms with E-state index in [2.05, 4.69) is 5.01 Å². The Hall–Kier alpha value is -1.71. The quantitative estimate of drug-likeness (QED) is 0.840. The molecular weight excluding hydrogens is 288 g/mol. The van der Waals surface area contributed by atoms with E-state index in [1.807, 2.05) is 43.1 Å². The summed E-state index contributed by atoms with van der Waals surface area (Å²) >= 11 is 0. The summed E-state index contributed by atoms with van der Waals surface area (Å²) in [5.74, 6) is 1.05. The van der Waals surface area contributed by atoms with Gasteiger partial charge in [0.25, 0.3) is 5.91 Å². The molecule has 0 N–H and O–H groups in total. The number of hydrogen-bond donors (Lipinski definition) is 0. The van der Waals surface area contributed by atoms with Gasteiger partial charge in [0.15, 0.2) is 0 Å². The summed E-state index contributed by atoms with van der Waals surface area (Å²) in [6.07, 6.45) is 8.56. The number of ether oxygens (including phenoxy) is 1. The third kappa shape index (κ3) is 2.79. The molecule has 1 saturated carbocycles. The van der Waals surface area contributed by atoms with Gasteiger partial charge in [0.2, 0.25) is 0 Å². The fourth-order valence-corrected chi connectivity index (χ4v) is 3.92. The van der Waals surface area contributed by atoms with Crippen molar-refractivity contribution in [3.8, 4) is 5.75 Å². The number of hydrazine groups is 1. The molecule has 1 heterocycles. The standard InChI is InChI=1S/C19H28N2O2/c1-19(2)18(22)20(15-11-7-5-4-6-8-12-15)21(19)16-13-9-10-14-17(16)23-3/h9-10,13-15H,4-8,11-12H2,1-3H3. The number of carbonyl (C=O) groups excluding carboxylic acids is 1. The minimum atomic E-state index is -0.503. The van der Waals surface area contributed by atoms with Crippen LogP contribution in [0.4, 0.5) is 5.69 Å². The van der Waals surface area contributed by atoms with E-state index in [1.54, 1.807) is 7.11 Å². The Balaban J connectivity index is 1.90. The lowest BCUT2D eigenvalue weighted by Crippen LogP contribution is -2.77. The van der Waals surface area contributed by atoms with Crippen LogP contribution in [0.5, 0.6) is 5.75 Å². The van der Waals surface area contributed by atoms with Gasteiger partial charge in [-0.2, -0.15) is 0 Å². The van der Waals surface area contributed by atoms with Crippen LogP contribution in [0.15, 0.2) is 24.3 Å². The highest BCUT2D eigenvalue weighted by Crippen LogP contribution is 2.43. The van der Waals surface area contributed by atoms with E-state index in [0.29, 0.717) is 6.04 Å². The molecule has 126 valence electrons. The van der Waals surface area contributed by atoms with Crippen LogP contribution in [-0.2, 0) is 4.79 Å². The van der Waals surface area contributed by atoms with Crippen LogP contribution < -0.4 is 9.75 Å². The van der Waals surface area contributed by atoms with Crippen molar-refractivity contribution in [2.45, 2.75) is 70.4 Å². The maximum atomic E-state index is 12.8. The lowest BCUT2D eigenvalue weighted by Gasteiger charge is -2.59. The van der Waals surface area contributed by atoms with E-state index in [-0.39, 0.29) is 5.91 Å². The van der Waals surface area contributed by atoms with Crippen LogP contribution in [0, 0.1) is 0 Å². The Morgan fingerprint density at radius 2 is 1.65 bits per heavy atom. The number of anilines is 1. The van der Waals surface area contributed by atoms with Gasteiger partial charge in [-0.1, -0.05) is 44.2 Å². The molecule has 0 aromatic heterocycles. The Morgan fingerprint density at radius 3 is 2.30 bits per heavy atom. The van der Waals surface area contributed by atoms with Gasteiger partial charge < -0.3 is 4.74 Å². The van der Waals surface area contributed by atoms with E-state index in [1.165, 1.54) is 32.1 Å². The van der Waals surface area contributed by atoms with Crippen molar-refractivity contribution < 1.29 is 9.53 Å². The number of para-hydroxylation sites is 2. The summed E-state index contributed by atoms with van der Waals surface area (Å²) in [7, 11) is 1.69. The highest BCUT2D eigenvalue weighted by molar-refractivity contribution is 5.98. The van der Waals surface area contributed by atoms with Gasteiger partial charge >= 0.3 is 0 Å². The van der Waals surface area contributed by atoms with E-state index >= 15 is 0 Å². The number of rotatable bonds is 3. The number of hydrogen-bond acceptors (Lipinski definition) is 3. The van der Waals surface area contributed by atoms with E-state index < -0.39 is 5.54 Å².